The van der Waals surface area contributed by atoms with E-state index in [1.54, 1.807) is 7.11 Å². The SMILES string of the molecule is CCNC(=NCc1nc2ccccc2n1C)Nc1ccc(OC)c(OCC)c1. The lowest BCUT2D eigenvalue weighted by Crippen LogP contribution is -2.30. The van der Waals surface area contributed by atoms with Crippen molar-refractivity contribution in [1.82, 2.24) is 14.9 Å². The minimum atomic E-state index is 0.467. The van der Waals surface area contributed by atoms with E-state index in [0.29, 0.717) is 30.6 Å². The first-order valence-corrected chi connectivity index (χ1v) is 9.42. The first-order chi connectivity index (χ1) is 13.7. The molecule has 1 heterocycles. The molecule has 7 nitrogen and oxygen atoms in total. The summed E-state index contributed by atoms with van der Waals surface area (Å²) in [6.45, 7) is 5.77. The number of anilines is 1. The van der Waals surface area contributed by atoms with Crippen LogP contribution in [-0.2, 0) is 13.6 Å². The van der Waals surface area contributed by atoms with Gasteiger partial charge in [-0.1, -0.05) is 12.1 Å². The first-order valence-electron chi connectivity index (χ1n) is 9.42. The van der Waals surface area contributed by atoms with E-state index in [9.17, 15) is 0 Å². The zero-order valence-electron chi connectivity index (χ0n) is 16.8. The summed E-state index contributed by atoms with van der Waals surface area (Å²) in [7, 11) is 3.64. The van der Waals surface area contributed by atoms with Crippen molar-refractivity contribution >= 4 is 22.7 Å². The summed E-state index contributed by atoms with van der Waals surface area (Å²) in [6.07, 6.45) is 0. The van der Waals surface area contributed by atoms with Gasteiger partial charge in [0.15, 0.2) is 17.5 Å². The molecule has 0 bridgehead atoms. The molecule has 2 N–H and O–H groups in total. The molecule has 2 aromatic carbocycles. The third kappa shape index (κ3) is 4.36. The Morgan fingerprint density at radius 1 is 1.14 bits per heavy atom. The number of methoxy groups -OCH3 is 1. The number of aliphatic imine (C=N–C) groups is 1. The maximum absolute atomic E-state index is 5.65. The van der Waals surface area contributed by atoms with E-state index < -0.39 is 0 Å². The van der Waals surface area contributed by atoms with E-state index in [1.807, 2.05) is 57.3 Å². The summed E-state index contributed by atoms with van der Waals surface area (Å²) >= 11 is 0. The molecule has 3 aromatic rings. The molecule has 0 saturated carbocycles. The van der Waals surface area contributed by atoms with E-state index in [2.05, 4.69) is 26.3 Å². The minimum Gasteiger partial charge on any atom is -0.493 e. The van der Waals surface area contributed by atoms with Crippen LogP contribution in [0, 0.1) is 0 Å². The molecular weight excluding hydrogens is 354 g/mol. The van der Waals surface area contributed by atoms with Crippen LogP contribution >= 0.6 is 0 Å². The highest BCUT2D eigenvalue weighted by molar-refractivity contribution is 5.94. The van der Waals surface area contributed by atoms with Gasteiger partial charge < -0.3 is 24.7 Å². The molecule has 0 aliphatic rings. The third-order valence-corrected chi connectivity index (χ3v) is 4.33. The van der Waals surface area contributed by atoms with Crippen LogP contribution in [0.4, 0.5) is 5.69 Å². The molecule has 3 rings (SSSR count). The van der Waals surface area contributed by atoms with Crippen LogP contribution in [0.15, 0.2) is 47.5 Å². The number of nitrogens with zero attached hydrogens (tertiary/aromatic N) is 3. The molecule has 7 heteroatoms. The number of rotatable bonds is 7. The molecule has 0 saturated heterocycles. The molecule has 1 aromatic heterocycles. The smallest absolute Gasteiger partial charge is 0.196 e. The normalized spacial score (nSPS) is 11.5. The molecule has 0 spiro atoms. The summed E-state index contributed by atoms with van der Waals surface area (Å²) < 4.78 is 13.1. The summed E-state index contributed by atoms with van der Waals surface area (Å²) in [5.41, 5.74) is 2.95. The van der Waals surface area contributed by atoms with Crippen LogP contribution in [0.5, 0.6) is 11.5 Å². The van der Waals surface area contributed by atoms with Gasteiger partial charge in [0.05, 0.1) is 24.8 Å². The minimum absolute atomic E-state index is 0.467. The topological polar surface area (TPSA) is 72.7 Å². The fraction of sp³-hybridized carbons (Fsp3) is 0.333. The Balaban J connectivity index is 1.80. The summed E-state index contributed by atoms with van der Waals surface area (Å²) in [5.74, 6) is 2.99. The number of ether oxygens (including phenoxy) is 2. The lowest BCUT2D eigenvalue weighted by molar-refractivity contribution is 0.311. The second-order valence-corrected chi connectivity index (χ2v) is 6.19. The Morgan fingerprint density at radius 2 is 1.96 bits per heavy atom. The van der Waals surface area contributed by atoms with Crippen LogP contribution in [0.3, 0.4) is 0 Å². The van der Waals surface area contributed by atoms with E-state index in [1.165, 1.54) is 0 Å². The molecule has 0 fully saturated rings. The number of para-hydroxylation sites is 2. The average Bonchev–Trinajstić information content (AvgIpc) is 3.03. The van der Waals surface area contributed by atoms with Gasteiger partial charge in [0.1, 0.15) is 12.4 Å². The molecule has 0 atom stereocenters. The van der Waals surface area contributed by atoms with Gasteiger partial charge in [-0.3, -0.25) is 0 Å². The standard InChI is InChI=1S/C21H27N5O2/c1-5-22-21(24-15-11-12-18(27-4)19(13-15)28-6-2)23-14-20-25-16-9-7-8-10-17(16)26(20)3/h7-13H,5-6,14H2,1-4H3,(H2,22,23,24). The average molecular weight is 381 g/mol. The molecule has 0 unspecified atom stereocenters. The molecule has 0 aliphatic heterocycles. The lowest BCUT2D eigenvalue weighted by atomic mass is 10.2. The maximum atomic E-state index is 5.65. The number of guanidine groups is 1. The van der Waals surface area contributed by atoms with Crippen molar-refractivity contribution in [3.05, 3.63) is 48.3 Å². The van der Waals surface area contributed by atoms with Gasteiger partial charge in [-0.25, -0.2) is 9.98 Å². The molecule has 0 aliphatic carbocycles. The first kappa shape index (κ1) is 19.5. The molecule has 148 valence electrons. The molecule has 0 radical (unpaired) electrons. The monoisotopic (exact) mass is 381 g/mol. The molecule has 0 amide bonds. The second-order valence-electron chi connectivity index (χ2n) is 6.19. The fourth-order valence-corrected chi connectivity index (χ4v) is 2.95. The highest BCUT2D eigenvalue weighted by Gasteiger charge is 2.09. The van der Waals surface area contributed by atoms with Gasteiger partial charge in [0.25, 0.3) is 0 Å². The number of aromatic nitrogens is 2. The Morgan fingerprint density at radius 3 is 2.68 bits per heavy atom. The molecule has 28 heavy (non-hydrogen) atoms. The number of nitrogens with one attached hydrogen (secondary N) is 2. The number of benzene rings is 2. The second kappa shape index (κ2) is 9.12. The predicted octanol–water partition coefficient (Wildman–Crippen LogP) is 3.56. The fourth-order valence-electron chi connectivity index (χ4n) is 2.95. The van der Waals surface area contributed by atoms with E-state index in [4.69, 9.17) is 14.5 Å². The number of fused-ring (bicyclic) bond motifs is 1. The van der Waals surface area contributed by atoms with Gasteiger partial charge in [-0.15, -0.1) is 0 Å². The highest BCUT2D eigenvalue weighted by Crippen LogP contribution is 2.30. The Bertz CT molecular complexity index is 965. The van der Waals surface area contributed by atoms with Gasteiger partial charge in [0.2, 0.25) is 0 Å². The zero-order chi connectivity index (χ0) is 19.9. The predicted molar refractivity (Wildman–Crippen MR) is 113 cm³/mol. The van der Waals surface area contributed by atoms with Crippen molar-refractivity contribution in [1.29, 1.82) is 0 Å². The number of aryl methyl sites for hydroxylation is 1. The number of hydrogen-bond acceptors (Lipinski definition) is 4. The largest absolute Gasteiger partial charge is 0.493 e. The van der Waals surface area contributed by atoms with Crippen LogP contribution in [0.25, 0.3) is 11.0 Å². The van der Waals surface area contributed by atoms with Gasteiger partial charge >= 0.3 is 0 Å². The molecular formula is C21H27N5O2. The van der Waals surface area contributed by atoms with Crippen LogP contribution in [0.2, 0.25) is 0 Å². The van der Waals surface area contributed by atoms with Crippen LogP contribution in [0.1, 0.15) is 19.7 Å². The van der Waals surface area contributed by atoms with Gasteiger partial charge in [-0.05, 0) is 38.1 Å². The van der Waals surface area contributed by atoms with E-state index in [0.717, 1.165) is 29.1 Å². The third-order valence-electron chi connectivity index (χ3n) is 4.33. The Kier molecular flexibility index (Phi) is 6.37. The highest BCUT2D eigenvalue weighted by atomic mass is 16.5. The van der Waals surface area contributed by atoms with Crippen molar-refractivity contribution in [3.63, 3.8) is 0 Å². The van der Waals surface area contributed by atoms with Crippen molar-refractivity contribution in [3.8, 4) is 11.5 Å². The van der Waals surface area contributed by atoms with Crippen LogP contribution in [-0.4, -0.2) is 35.8 Å². The summed E-state index contributed by atoms with van der Waals surface area (Å²) in [5, 5.41) is 6.58. The van der Waals surface area contributed by atoms with Crippen LogP contribution < -0.4 is 20.1 Å². The maximum Gasteiger partial charge on any atom is 0.196 e. The Labute approximate surface area is 165 Å². The number of imidazole rings is 1. The lowest BCUT2D eigenvalue weighted by Gasteiger charge is -2.14. The van der Waals surface area contributed by atoms with Gasteiger partial charge in [0, 0.05) is 25.3 Å². The quantitative estimate of drug-likeness (QED) is 0.484. The Hall–Kier alpha value is -3.22. The zero-order valence-corrected chi connectivity index (χ0v) is 16.8. The van der Waals surface area contributed by atoms with Crippen molar-refractivity contribution in [2.45, 2.75) is 20.4 Å². The van der Waals surface area contributed by atoms with E-state index in [-0.39, 0.29) is 0 Å². The van der Waals surface area contributed by atoms with Crippen molar-refractivity contribution < 1.29 is 9.47 Å². The van der Waals surface area contributed by atoms with Crippen molar-refractivity contribution in [2.75, 3.05) is 25.6 Å². The summed E-state index contributed by atoms with van der Waals surface area (Å²) in [4.78, 5) is 9.37. The van der Waals surface area contributed by atoms with Gasteiger partial charge in [-0.2, -0.15) is 0 Å². The number of hydrogen-bond donors (Lipinski definition) is 2. The van der Waals surface area contributed by atoms with Crippen molar-refractivity contribution in [2.24, 2.45) is 12.0 Å². The van der Waals surface area contributed by atoms with E-state index >= 15 is 0 Å². The summed E-state index contributed by atoms with van der Waals surface area (Å²) in [6, 6.07) is 13.8.